The highest BCUT2D eigenvalue weighted by molar-refractivity contribution is 7.89. The van der Waals surface area contributed by atoms with Gasteiger partial charge in [0.05, 0.1) is 12.2 Å². The normalized spacial score (nSPS) is 21.7. The van der Waals surface area contributed by atoms with Gasteiger partial charge in [-0.3, -0.25) is 4.68 Å². The van der Waals surface area contributed by atoms with Crippen LogP contribution in [-0.4, -0.2) is 30.8 Å². The van der Waals surface area contributed by atoms with Crippen molar-refractivity contribution in [2.24, 2.45) is 7.05 Å². The molecule has 0 amide bonds. The van der Waals surface area contributed by atoms with Crippen LogP contribution in [0, 0.1) is 12.7 Å². The van der Waals surface area contributed by atoms with Crippen LogP contribution in [0.4, 0.5) is 4.39 Å². The van der Waals surface area contributed by atoms with Crippen LogP contribution in [0.2, 0.25) is 0 Å². The average molecular weight is 339 g/mol. The topological polar surface area (TPSA) is 73.2 Å². The molecule has 0 saturated carbocycles. The van der Waals surface area contributed by atoms with Gasteiger partial charge in [-0.1, -0.05) is 12.1 Å². The second-order valence-electron chi connectivity index (χ2n) is 5.64. The first-order chi connectivity index (χ1) is 10.9. The molecule has 6 nitrogen and oxygen atoms in total. The van der Waals surface area contributed by atoms with Gasteiger partial charge in [0.25, 0.3) is 0 Å². The Morgan fingerprint density at radius 1 is 1.43 bits per heavy atom. The van der Waals surface area contributed by atoms with E-state index in [1.54, 1.807) is 24.1 Å². The first-order valence-electron chi connectivity index (χ1n) is 7.26. The monoisotopic (exact) mass is 339 g/mol. The molecule has 0 radical (unpaired) electrons. The summed E-state index contributed by atoms with van der Waals surface area (Å²) in [5.41, 5.74) is 1.08. The molecule has 0 spiro atoms. The highest BCUT2D eigenvalue weighted by Gasteiger charge is 2.35. The Labute approximate surface area is 134 Å². The molecule has 1 aromatic carbocycles. The number of rotatable bonds is 4. The molecule has 124 valence electrons. The zero-order valence-electron chi connectivity index (χ0n) is 12.9. The maximum atomic E-state index is 14.1. The smallest absolute Gasteiger partial charge is 0.243 e. The molecule has 0 bridgehead atoms. The lowest BCUT2D eigenvalue weighted by atomic mass is 10.1. The maximum absolute atomic E-state index is 14.1. The third kappa shape index (κ3) is 3.15. The van der Waals surface area contributed by atoms with Crippen LogP contribution in [0.5, 0.6) is 0 Å². The molecule has 0 aliphatic carbocycles. The minimum absolute atomic E-state index is 0.291. The number of aryl methyl sites for hydroxylation is 2. The summed E-state index contributed by atoms with van der Waals surface area (Å²) in [5.74, 6) is -0.725. The number of sulfonamides is 1. The summed E-state index contributed by atoms with van der Waals surface area (Å²) >= 11 is 0. The van der Waals surface area contributed by atoms with Crippen molar-refractivity contribution in [3.8, 4) is 0 Å². The van der Waals surface area contributed by atoms with Gasteiger partial charge in [-0.25, -0.2) is 17.5 Å². The van der Waals surface area contributed by atoms with Gasteiger partial charge < -0.3 is 4.74 Å². The van der Waals surface area contributed by atoms with E-state index in [9.17, 15) is 12.8 Å². The van der Waals surface area contributed by atoms with Gasteiger partial charge in [0.2, 0.25) is 10.0 Å². The van der Waals surface area contributed by atoms with Crippen LogP contribution in [0.25, 0.3) is 0 Å². The minimum Gasteiger partial charge on any atom is -0.372 e. The Morgan fingerprint density at radius 3 is 2.91 bits per heavy atom. The minimum atomic E-state index is -3.96. The maximum Gasteiger partial charge on any atom is 0.243 e. The third-order valence-corrected chi connectivity index (χ3v) is 5.40. The Balaban J connectivity index is 1.86. The zero-order chi connectivity index (χ0) is 16.6. The molecule has 8 heteroatoms. The molecule has 2 heterocycles. The van der Waals surface area contributed by atoms with Crippen molar-refractivity contribution in [1.82, 2.24) is 14.5 Å². The van der Waals surface area contributed by atoms with Crippen molar-refractivity contribution in [3.63, 3.8) is 0 Å². The molecular weight excluding hydrogens is 321 g/mol. The second kappa shape index (κ2) is 6.03. The summed E-state index contributed by atoms with van der Waals surface area (Å²) in [7, 11) is -2.19. The van der Waals surface area contributed by atoms with Gasteiger partial charge in [-0.05, 0) is 25.0 Å². The average Bonchev–Trinajstić information content (AvgIpc) is 3.10. The van der Waals surface area contributed by atoms with E-state index in [2.05, 4.69) is 9.82 Å². The van der Waals surface area contributed by atoms with Gasteiger partial charge in [0.15, 0.2) is 0 Å². The summed E-state index contributed by atoms with van der Waals surface area (Å²) in [6.45, 7) is 1.97. The summed E-state index contributed by atoms with van der Waals surface area (Å²) < 4.78 is 49.0. The number of hydrogen-bond donors (Lipinski definition) is 1. The van der Waals surface area contributed by atoms with Gasteiger partial charge >= 0.3 is 0 Å². The summed E-state index contributed by atoms with van der Waals surface area (Å²) in [5, 5.41) is 4.08. The van der Waals surface area contributed by atoms with Crippen molar-refractivity contribution < 1.29 is 17.5 Å². The van der Waals surface area contributed by atoms with E-state index in [0.717, 1.165) is 5.56 Å². The molecule has 0 unspecified atom stereocenters. The SMILES string of the molecule is Cc1cccc(S(=O)(=O)N[C@H]2CCO[C@@H]2c2cnn(C)c2)c1F. The standard InChI is InChI=1S/C15H18FN3O3S/c1-10-4-3-5-13(14(10)16)23(20,21)18-12-6-7-22-15(12)11-8-17-19(2)9-11/h3-5,8-9,12,15,18H,6-7H2,1-2H3/t12-,15+/m0/s1. The fourth-order valence-corrected chi connectivity index (χ4v) is 4.14. The Hall–Kier alpha value is -1.77. The predicted molar refractivity (Wildman–Crippen MR) is 81.8 cm³/mol. The molecule has 3 rings (SSSR count). The van der Waals surface area contributed by atoms with E-state index in [0.29, 0.717) is 18.6 Å². The molecular formula is C15H18FN3O3S. The molecule has 1 aliphatic rings. The van der Waals surface area contributed by atoms with Gasteiger partial charge in [-0.2, -0.15) is 5.10 Å². The van der Waals surface area contributed by atoms with Crippen LogP contribution >= 0.6 is 0 Å². The van der Waals surface area contributed by atoms with Crippen LogP contribution in [0.15, 0.2) is 35.5 Å². The number of aromatic nitrogens is 2. The Morgan fingerprint density at radius 2 is 2.22 bits per heavy atom. The number of nitrogens with one attached hydrogen (secondary N) is 1. The number of halogens is 1. The van der Waals surface area contributed by atoms with Crippen molar-refractivity contribution in [2.75, 3.05) is 6.61 Å². The number of hydrogen-bond acceptors (Lipinski definition) is 4. The molecule has 2 aromatic rings. The molecule has 1 aliphatic heterocycles. The number of ether oxygens (including phenoxy) is 1. The molecule has 1 fully saturated rings. The lowest BCUT2D eigenvalue weighted by Gasteiger charge is -2.19. The fraction of sp³-hybridized carbons (Fsp3) is 0.400. The highest BCUT2D eigenvalue weighted by atomic mass is 32.2. The lowest BCUT2D eigenvalue weighted by molar-refractivity contribution is 0.102. The predicted octanol–water partition coefficient (Wildman–Crippen LogP) is 1.68. The number of benzene rings is 1. The van der Waals surface area contributed by atoms with Crippen LogP contribution in [0.1, 0.15) is 23.7 Å². The molecule has 1 N–H and O–H groups in total. The van der Waals surface area contributed by atoms with E-state index < -0.39 is 28.0 Å². The van der Waals surface area contributed by atoms with Crippen molar-refractivity contribution in [1.29, 1.82) is 0 Å². The zero-order valence-corrected chi connectivity index (χ0v) is 13.7. The van der Waals surface area contributed by atoms with E-state index in [4.69, 9.17) is 4.74 Å². The van der Waals surface area contributed by atoms with Gasteiger partial charge in [0.1, 0.15) is 16.8 Å². The van der Waals surface area contributed by atoms with Crippen LogP contribution in [-0.2, 0) is 21.8 Å². The fourth-order valence-electron chi connectivity index (χ4n) is 2.72. The number of nitrogens with zero attached hydrogens (tertiary/aromatic N) is 2. The van der Waals surface area contributed by atoms with Crippen LogP contribution in [0.3, 0.4) is 0 Å². The second-order valence-corrected chi connectivity index (χ2v) is 7.32. The first-order valence-corrected chi connectivity index (χ1v) is 8.74. The lowest BCUT2D eigenvalue weighted by Crippen LogP contribution is -2.37. The van der Waals surface area contributed by atoms with Crippen LogP contribution < -0.4 is 4.72 Å². The largest absolute Gasteiger partial charge is 0.372 e. The van der Waals surface area contributed by atoms with Crippen molar-refractivity contribution in [2.45, 2.75) is 30.4 Å². The Kier molecular flexibility index (Phi) is 4.22. The van der Waals surface area contributed by atoms with E-state index in [-0.39, 0.29) is 4.90 Å². The highest BCUT2D eigenvalue weighted by Crippen LogP contribution is 2.30. The Bertz CT molecular complexity index is 819. The van der Waals surface area contributed by atoms with Gasteiger partial charge in [0, 0.05) is 25.4 Å². The van der Waals surface area contributed by atoms with Crippen molar-refractivity contribution in [3.05, 3.63) is 47.5 Å². The molecule has 1 saturated heterocycles. The molecule has 2 atom stereocenters. The van der Waals surface area contributed by atoms with Gasteiger partial charge in [-0.15, -0.1) is 0 Å². The first kappa shape index (κ1) is 16.1. The quantitative estimate of drug-likeness (QED) is 0.920. The van der Waals surface area contributed by atoms with Crippen molar-refractivity contribution >= 4 is 10.0 Å². The summed E-state index contributed by atoms with van der Waals surface area (Å²) in [6.07, 6.45) is 3.52. The summed E-state index contributed by atoms with van der Waals surface area (Å²) in [4.78, 5) is -0.339. The van der Waals surface area contributed by atoms with E-state index in [1.165, 1.54) is 25.1 Å². The van der Waals surface area contributed by atoms with E-state index >= 15 is 0 Å². The van der Waals surface area contributed by atoms with E-state index in [1.807, 2.05) is 0 Å². The third-order valence-electron chi connectivity index (χ3n) is 3.90. The summed E-state index contributed by atoms with van der Waals surface area (Å²) in [6, 6.07) is 3.87. The molecule has 1 aromatic heterocycles. The molecule has 23 heavy (non-hydrogen) atoms.